The first kappa shape index (κ1) is 27.4. The standard InChI is InChI=1S/C47H28N2O/c1-2-8-34-33(7-1)35-15-13-31(29-19-23-48-24-20-29)27-42(35)47(43-28-32(14-16-36(34)43)30-21-25-49-26-22-30)40-11-5-3-10-39(40)45-41(47)18-17-38-37-9-4-6-12-44(37)50-46(38)45/h1-28H. The summed E-state index contributed by atoms with van der Waals surface area (Å²) in [5.74, 6) is 0. The Morgan fingerprint density at radius 1 is 0.380 bits per heavy atom. The van der Waals surface area contributed by atoms with Crippen molar-refractivity contribution in [1.29, 1.82) is 0 Å². The Hall–Kier alpha value is -6.58. The van der Waals surface area contributed by atoms with Crippen LogP contribution in [0, 0.1) is 0 Å². The molecule has 1 spiro atoms. The second kappa shape index (κ2) is 10.2. The van der Waals surface area contributed by atoms with E-state index in [0.29, 0.717) is 0 Å². The topological polar surface area (TPSA) is 38.9 Å². The van der Waals surface area contributed by atoms with Gasteiger partial charge in [0, 0.05) is 41.1 Å². The Bertz CT molecular complexity index is 2700. The van der Waals surface area contributed by atoms with Crippen molar-refractivity contribution < 1.29 is 4.42 Å². The average Bonchev–Trinajstić information content (AvgIpc) is 3.69. The molecule has 2 aliphatic rings. The molecule has 0 aliphatic heterocycles. The van der Waals surface area contributed by atoms with Crippen molar-refractivity contribution in [3.8, 4) is 55.6 Å². The fourth-order valence-corrected chi connectivity index (χ4v) is 8.85. The van der Waals surface area contributed by atoms with E-state index in [4.69, 9.17) is 4.42 Å². The summed E-state index contributed by atoms with van der Waals surface area (Å²) in [4.78, 5) is 8.67. The molecule has 3 heteroatoms. The predicted octanol–water partition coefficient (Wildman–Crippen LogP) is 11.7. The quantitative estimate of drug-likeness (QED) is 0.189. The molecule has 3 heterocycles. The van der Waals surface area contributed by atoms with Gasteiger partial charge in [-0.25, -0.2) is 0 Å². The average molecular weight is 637 g/mol. The van der Waals surface area contributed by atoms with Crippen molar-refractivity contribution >= 4 is 21.9 Å². The van der Waals surface area contributed by atoms with Gasteiger partial charge in [0.2, 0.25) is 0 Å². The summed E-state index contributed by atoms with van der Waals surface area (Å²) in [6, 6.07) is 53.4. The van der Waals surface area contributed by atoms with Gasteiger partial charge < -0.3 is 4.42 Å². The van der Waals surface area contributed by atoms with Crippen molar-refractivity contribution in [3.63, 3.8) is 0 Å². The SMILES string of the molecule is c1ccc2c(c1)-c1ccc(-c3ccncc3)cc1C1(c3cc(-c4ccncc4)ccc3-2)c2ccccc2-c2c1ccc1c2oc2ccccc21. The van der Waals surface area contributed by atoms with E-state index in [1.165, 1.54) is 55.6 Å². The van der Waals surface area contributed by atoms with E-state index in [1.54, 1.807) is 0 Å². The van der Waals surface area contributed by atoms with Crippen LogP contribution in [-0.4, -0.2) is 9.97 Å². The molecule has 11 rings (SSSR count). The molecule has 0 radical (unpaired) electrons. The largest absolute Gasteiger partial charge is 0.455 e. The number of furan rings is 1. The summed E-state index contributed by atoms with van der Waals surface area (Å²) in [5.41, 5.74) is 18.1. The Balaban J connectivity index is 1.36. The van der Waals surface area contributed by atoms with Crippen LogP contribution < -0.4 is 0 Å². The highest BCUT2D eigenvalue weighted by Crippen LogP contribution is 2.63. The van der Waals surface area contributed by atoms with Crippen LogP contribution in [0.5, 0.6) is 0 Å². The molecule has 0 amide bonds. The highest BCUT2D eigenvalue weighted by atomic mass is 16.3. The number of hydrogen-bond donors (Lipinski definition) is 0. The summed E-state index contributed by atoms with van der Waals surface area (Å²) in [7, 11) is 0. The van der Waals surface area contributed by atoms with Gasteiger partial charge in [-0.1, -0.05) is 103 Å². The van der Waals surface area contributed by atoms with E-state index >= 15 is 0 Å². The summed E-state index contributed by atoms with van der Waals surface area (Å²) in [6.07, 6.45) is 7.50. The van der Waals surface area contributed by atoms with Gasteiger partial charge in [0.25, 0.3) is 0 Å². The minimum atomic E-state index is -0.658. The van der Waals surface area contributed by atoms with E-state index in [9.17, 15) is 0 Å². The zero-order valence-electron chi connectivity index (χ0n) is 27.0. The fourth-order valence-electron chi connectivity index (χ4n) is 8.85. The molecule has 232 valence electrons. The summed E-state index contributed by atoms with van der Waals surface area (Å²) in [5, 5.41) is 2.28. The molecule has 0 fully saturated rings. The number of aromatic nitrogens is 2. The van der Waals surface area contributed by atoms with E-state index < -0.39 is 5.41 Å². The lowest BCUT2D eigenvalue weighted by Gasteiger charge is -2.36. The van der Waals surface area contributed by atoms with E-state index in [2.05, 4.69) is 156 Å². The maximum absolute atomic E-state index is 6.83. The first-order valence-electron chi connectivity index (χ1n) is 17.0. The normalized spacial score (nSPS) is 13.4. The van der Waals surface area contributed by atoms with Gasteiger partial charge in [0.15, 0.2) is 0 Å². The monoisotopic (exact) mass is 636 g/mol. The molecular formula is C47H28N2O. The molecule has 3 aromatic heterocycles. The van der Waals surface area contributed by atoms with Crippen LogP contribution in [-0.2, 0) is 5.41 Å². The van der Waals surface area contributed by atoms with Gasteiger partial charge >= 0.3 is 0 Å². The molecule has 0 atom stereocenters. The summed E-state index contributed by atoms with van der Waals surface area (Å²) in [6.45, 7) is 0. The highest BCUT2D eigenvalue weighted by molar-refractivity contribution is 6.13. The summed E-state index contributed by atoms with van der Waals surface area (Å²) < 4.78 is 6.83. The molecule has 2 aliphatic carbocycles. The predicted molar refractivity (Wildman–Crippen MR) is 202 cm³/mol. The maximum Gasteiger partial charge on any atom is 0.143 e. The molecule has 6 aromatic carbocycles. The number of nitrogens with zero attached hydrogens (tertiary/aromatic N) is 2. The van der Waals surface area contributed by atoms with Crippen LogP contribution in [0.3, 0.4) is 0 Å². The van der Waals surface area contributed by atoms with Crippen LogP contribution in [0.2, 0.25) is 0 Å². The van der Waals surface area contributed by atoms with Gasteiger partial charge in [-0.05, 0) is 115 Å². The third-order valence-corrected chi connectivity index (χ3v) is 10.9. The van der Waals surface area contributed by atoms with E-state index in [1.807, 2.05) is 24.8 Å². The van der Waals surface area contributed by atoms with E-state index in [-0.39, 0.29) is 0 Å². The lowest BCUT2D eigenvalue weighted by molar-refractivity contribution is 0.669. The molecule has 3 nitrogen and oxygen atoms in total. The minimum Gasteiger partial charge on any atom is -0.455 e. The highest BCUT2D eigenvalue weighted by Gasteiger charge is 2.51. The first-order valence-corrected chi connectivity index (χ1v) is 17.0. The van der Waals surface area contributed by atoms with Crippen LogP contribution in [0.1, 0.15) is 22.3 Å². The van der Waals surface area contributed by atoms with Crippen LogP contribution in [0.15, 0.2) is 175 Å². The Morgan fingerprint density at radius 3 is 1.58 bits per heavy atom. The van der Waals surface area contributed by atoms with Gasteiger partial charge in [-0.3, -0.25) is 9.97 Å². The molecular weight excluding hydrogens is 609 g/mol. The Morgan fingerprint density at radius 2 is 0.940 bits per heavy atom. The Kier molecular flexibility index (Phi) is 5.59. The summed E-state index contributed by atoms with van der Waals surface area (Å²) >= 11 is 0. The van der Waals surface area contributed by atoms with Crippen molar-refractivity contribution in [1.82, 2.24) is 9.97 Å². The number of fused-ring (bicyclic) bond motifs is 16. The van der Waals surface area contributed by atoms with Crippen LogP contribution in [0.25, 0.3) is 77.6 Å². The number of pyridine rings is 2. The molecule has 0 N–H and O–H groups in total. The number of para-hydroxylation sites is 1. The van der Waals surface area contributed by atoms with Crippen molar-refractivity contribution in [2.75, 3.05) is 0 Å². The fraction of sp³-hybridized carbons (Fsp3) is 0.0213. The van der Waals surface area contributed by atoms with Gasteiger partial charge in [-0.2, -0.15) is 0 Å². The van der Waals surface area contributed by atoms with Crippen LogP contribution in [0.4, 0.5) is 0 Å². The lowest BCUT2D eigenvalue weighted by atomic mass is 9.65. The zero-order chi connectivity index (χ0) is 32.8. The van der Waals surface area contributed by atoms with Crippen molar-refractivity contribution in [2.45, 2.75) is 5.41 Å². The lowest BCUT2D eigenvalue weighted by Crippen LogP contribution is -2.29. The smallest absolute Gasteiger partial charge is 0.143 e. The second-order valence-electron chi connectivity index (χ2n) is 13.3. The zero-order valence-corrected chi connectivity index (χ0v) is 27.0. The number of benzene rings is 6. The third kappa shape index (κ3) is 3.58. The molecule has 9 aromatic rings. The minimum absolute atomic E-state index is 0.658. The number of hydrogen-bond acceptors (Lipinski definition) is 3. The van der Waals surface area contributed by atoms with Gasteiger partial charge in [-0.15, -0.1) is 0 Å². The van der Waals surface area contributed by atoms with E-state index in [0.717, 1.165) is 44.2 Å². The molecule has 0 saturated carbocycles. The third-order valence-electron chi connectivity index (χ3n) is 10.9. The molecule has 50 heavy (non-hydrogen) atoms. The van der Waals surface area contributed by atoms with Gasteiger partial charge in [0.05, 0.1) is 5.41 Å². The van der Waals surface area contributed by atoms with Gasteiger partial charge in [0.1, 0.15) is 11.2 Å². The van der Waals surface area contributed by atoms with Crippen molar-refractivity contribution in [3.05, 3.63) is 193 Å². The molecule has 0 unspecified atom stereocenters. The molecule has 0 saturated heterocycles. The van der Waals surface area contributed by atoms with Crippen molar-refractivity contribution in [2.24, 2.45) is 0 Å². The number of rotatable bonds is 2. The maximum atomic E-state index is 6.83. The first-order chi connectivity index (χ1) is 24.8. The van der Waals surface area contributed by atoms with Crippen LogP contribution >= 0.6 is 0 Å². The Labute approximate surface area is 289 Å². The second-order valence-corrected chi connectivity index (χ2v) is 13.3. The molecule has 0 bridgehead atoms.